The van der Waals surface area contributed by atoms with Crippen molar-refractivity contribution in [2.24, 2.45) is 0 Å². The molecule has 16 heavy (non-hydrogen) atoms. The second kappa shape index (κ2) is 5.82. The Labute approximate surface area is 106 Å². The fourth-order valence-electron chi connectivity index (χ4n) is 1.54. The second-order valence-electron chi connectivity index (χ2n) is 3.98. The Bertz CT molecular complexity index is 452. The van der Waals surface area contributed by atoms with Crippen LogP contribution in [-0.2, 0) is 9.84 Å². The summed E-state index contributed by atoms with van der Waals surface area (Å²) in [6.07, 6.45) is 1.60. The smallest absolute Gasteiger partial charge is 0.178 e. The third-order valence-electron chi connectivity index (χ3n) is 2.48. The molecule has 0 fully saturated rings. The van der Waals surface area contributed by atoms with Gasteiger partial charge in [-0.25, -0.2) is 8.42 Å². The van der Waals surface area contributed by atoms with Crippen LogP contribution >= 0.6 is 15.9 Å². The topological polar surface area (TPSA) is 34.1 Å². The molecule has 0 radical (unpaired) electrons. The molecule has 0 unspecified atom stereocenters. The van der Waals surface area contributed by atoms with Crippen molar-refractivity contribution >= 4 is 25.8 Å². The van der Waals surface area contributed by atoms with Gasteiger partial charge in [-0.1, -0.05) is 28.1 Å². The minimum absolute atomic E-state index is 0.239. The molecule has 0 aliphatic carbocycles. The first-order chi connectivity index (χ1) is 7.47. The van der Waals surface area contributed by atoms with E-state index in [0.717, 1.165) is 22.9 Å². The summed E-state index contributed by atoms with van der Waals surface area (Å²) in [6, 6.07) is 5.57. The SMILES string of the molecule is Cc1ccc(C)c(S(=O)(=O)CCCCBr)c1. The van der Waals surface area contributed by atoms with E-state index in [1.54, 1.807) is 6.07 Å². The van der Waals surface area contributed by atoms with Crippen LogP contribution in [0.15, 0.2) is 23.1 Å². The lowest BCUT2D eigenvalue weighted by Gasteiger charge is -2.08. The highest BCUT2D eigenvalue weighted by molar-refractivity contribution is 9.09. The molecule has 2 nitrogen and oxygen atoms in total. The fraction of sp³-hybridized carbons (Fsp3) is 0.500. The molecule has 0 aliphatic heterocycles. The van der Waals surface area contributed by atoms with Crippen molar-refractivity contribution < 1.29 is 8.42 Å². The van der Waals surface area contributed by atoms with Crippen LogP contribution in [-0.4, -0.2) is 19.5 Å². The lowest BCUT2D eigenvalue weighted by atomic mass is 10.2. The summed E-state index contributed by atoms with van der Waals surface area (Å²) < 4.78 is 24.1. The van der Waals surface area contributed by atoms with Gasteiger partial charge >= 0.3 is 0 Å². The number of sulfone groups is 1. The van der Waals surface area contributed by atoms with Gasteiger partial charge in [0.25, 0.3) is 0 Å². The molecule has 4 heteroatoms. The minimum Gasteiger partial charge on any atom is -0.224 e. The molecule has 0 heterocycles. The van der Waals surface area contributed by atoms with E-state index in [1.807, 2.05) is 26.0 Å². The van der Waals surface area contributed by atoms with Crippen LogP contribution in [0.25, 0.3) is 0 Å². The molecular weight excluding hydrogens is 288 g/mol. The van der Waals surface area contributed by atoms with Crippen molar-refractivity contribution in [3.63, 3.8) is 0 Å². The molecule has 0 amide bonds. The zero-order valence-electron chi connectivity index (χ0n) is 9.66. The molecule has 0 saturated carbocycles. The van der Waals surface area contributed by atoms with Gasteiger partial charge in [0.15, 0.2) is 9.84 Å². The van der Waals surface area contributed by atoms with Crippen LogP contribution < -0.4 is 0 Å². The Morgan fingerprint density at radius 2 is 1.88 bits per heavy atom. The van der Waals surface area contributed by atoms with E-state index in [9.17, 15) is 8.42 Å². The van der Waals surface area contributed by atoms with Gasteiger partial charge in [0, 0.05) is 5.33 Å². The van der Waals surface area contributed by atoms with Crippen molar-refractivity contribution in [3.8, 4) is 0 Å². The van der Waals surface area contributed by atoms with E-state index in [0.29, 0.717) is 11.3 Å². The molecule has 1 aromatic rings. The molecule has 0 aromatic heterocycles. The predicted molar refractivity (Wildman–Crippen MR) is 71.0 cm³/mol. The van der Waals surface area contributed by atoms with Crippen LogP contribution in [0.4, 0.5) is 0 Å². The first kappa shape index (κ1) is 13.7. The Morgan fingerprint density at radius 1 is 1.19 bits per heavy atom. The summed E-state index contributed by atoms with van der Waals surface area (Å²) in [4.78, 5) is 0.488. The summed E-state index contributed by atoms with van der Waals surface area (Å²) in [5.41, 5.74) is 1.83. The molecule has 0 aliphatic rings. The zero-order chi connectivity index (χ0) is 12.2. The summed E-state index contributed by atoms with van der Waals surface area (Å²) in [5.74, 6) is 0.239. The van der Waals surface area contributed by atoms with Gasteiger partial charge in [0.05, 0.1) is 10.6 Å². The molecule has 0 saturated heterocycles. The van der Waals surface area contributed by atoms with Gasteiger partial charge in [-0.2, -0.15) is 0 Å². The monoisotopic (exact) mass is 304 g/mol. The highest BCUT2D eigenvalue weighted by Crippen LogP contribution is 2.19. The van der Waals surface area contributed by atoms with Crippen molar-refractivity contribution in [1.29, 1.82) is 0 Å². The average Bonchev–Trinajstić information content (AvgIpc) is 2.22. The molecule has 1 rings (SSSR count). The maximum absolute atomic E-state index is 12.1. The summed E-state index contributed by atoms with van der Waals surface area (Å²) in [6.45, 7) is 3.76. The van der Waals surface area contributed by atoms with E-state index in [2.05, 4.69) is 15.9 Å². The standard InChI is InChI=1S/C12H17BrO2S/c1-10-5-6-11(2)12(9-10)16(14,15)8-4-3-7-13/h5-6,9H,3-4,7-8H2,1-2H3. The summed E-state index contributed by atoms with van der Waals surface area (Å²) >= 11 is 3.30. The van der Waals surface area contributed by atoms with Gasteiger partial charge in [0.2, 0.25) is 0 Å². The van der Waals surface area contributed by atoms with Gasteiger partial charge < -0.3 is 0 Å². The van der Waals surface area contributed by atoms with Gasteiger partial charge in [-0.15, -0.1) is 0 Å². The molecular formula is C12H17BrO2S. The summed E-state index contributed by atoms with van der Waals surface area (Å²) in [5, 5.41) is 0.856. The Morgan fingerprint density at radius 3 is 2.50 bits per heavy atom. The number of alkyl halides is 1. The van der Waals surface area contributed by atoms with Crippen LogP contribution in [0, 0.1) is 13.8 Å². The lowest BCUT2D eigenvalue weighted by Crippen LogP contribution is -2.09. The molecule has 0 spiro atoms. The molecule has 0 atom stereocenters. The van der Waals surface area contributed by atoms with Crippen molar-refractivity contribution in [1.82, 2.24) is 0 Å². The van der Waals surface area contributed by atoms with Crippen molar-refractivity contribution in [2.75, 3.05) is 11.1 Å². The number of rotatable bonds is 5. The number of unbranched alkanes of at least 4 members (excludes halogenated alkanes) is 1. The fourth-order valence-corrected chi connectivity index (χ4v) is 3.66. The first-order valence-electron chi connectivity index (χ1n) is 5.33. The summed E-state index contributed by atoms with van der Waals surface area (Å²) in [7, 11) is -3.11. The Kier molecular flexibility index (Phi) is 4.99. The van der Waals surface area contributed by atoms with E-state index >= 15 is 0 Å². The number of hydrogen-bond donors (Lipinski definition) is 0. The van der Waals surface area contributed by atoms with Crippen LogP contribution in [0.1, 0.15) is 24.0 Å². The molecule has 90 valence electrons. The number of aryl methyl sites for hydroxylation is 2. The van der Waals surface area contributed by atoms with Crippen LogP contribution in [0.2, 0.25) is 0 Å². The minimum atomic E-state index is -3.11. The number of hydrogen-bond acceptors (Lipinski definition) is 2. The van der Waals surface area contributed by atoms with E-state index in [1.165, 1.54) is 0 Å². The first-order valence-corrected chi connectivity index (χ1v) is 8.11. The second-order valence-corrected chi connectivity index (χ2v) is 6.85. The third kappa shape index (κ3) is 3.59. The molecule has 0 N–H and O–H groups in total. The predicted octanol–water partition coefficient (Wildman–Crippen LogP) is 3.25. The Hall–Kier alpha value is -0.350. The third-order valence-corrected chi connectivity index (χ3v) is 4.97. The quantitative estimate of drug-likeness (QED) is 0.618. The van der Waals surface area contributed by atoms with E-state index < -0.39 is 9.84 Å². The number of benzene rings is 1. The van der Waals surface area contributed by atoms with Gasteiger partial charge in [0.1, 0.15) is 0 Å². The largest absolute Gasteiger partial charge is 0.224 e. The normalized spacial score (nSPS) is 11.7. The average molecular weight is 305 g/mol. The zero-order valence-corrected chi connectivity index (χ0v) is 12.1. The van der Waals surface area contributed by atoms with Crippen LogP contribution in [0.3, 0.4) is 0 Å². The highest BCUT2D eigenvalue weighted by Gasteiger charge is 2.16. The lowest BCUT2D eigenvalue weighted by molar-refractivity contribution is 0.592. The van der Waals surface area contributed by atoms with Crippen molar-refractivity contribution in [3.05, 3.63) is 29.3 Å². The van der Waals surface area contributed by atoms with Gasteiger partial charge in [-0.3, -0.25) is 0 Å². The van der Waals surface area contributed by atoms with E-state index in [-0.39, 0.29) is 5.75 Å². The Balaban J connectivity index is 2.93. The van der Waals surface area contributed by atoms with Gasteiger partial charge in [-0.05, 0) is 43.9 Å². The van der Waals surface area contributed by atoms with E-state index in [4.69, 9.17) is 0 Å². The highest BCUT2D eigenvalue weighted by atomic mass is 79.9. The molecule has 0 bridgehead atoms. The van der Waals surface area contributed by atoms with Crippen molar-refractivity contribution in [2.45, 2.75) is 31.6 Å². The maximum atomic E-state index is 12.1. The maximum Gasteiger partial charge on any atom is 0.178 e. The molecule has 1 aromatic carbocycles. The van der Waals surface area contributed by atoms with Crippen LogP contribution in [0.5, 0.6) is 0 Å². The number of halogens is 1.